The van der Waals surface area contributed by atoms with E-state index < -0.39 is 24.2 Å². The molecule has 0 radical (unpaired) electrons. The predicted molar refractivity (Wildman–Crippen MR) is 179 cm³/mol. The molecular formula is C37H46N4O5. The SMILES string of the molecule is Cc1cccc(C)c1OCC(=O)N[C@@H](Cc1ccccc1)[C@@H](O)C[C@H](Cc1ccccc1)NC(=O)C(C(C)C)N1CC=CNC1=O. The first-order valence-electron chi connectivity index (χ1n) is 15.9. The number of rotatable bonds is 15. The number of benzene rings is 3. The van der Waals surface area contributed by atoms with Gasteiger partial charge in [0.1, 0.15) is 11.8 Å². The first kappa shape index (κ1) is 34.2. The number of nitrogens with one attached hydrogen (secondary N) is 3. The largest absolute Gasteiger partial charge is 0.483 e. The minimum absolute atomic E-state index is 0.151. The number of hydrogen-bond acceptors (Lipinski definition) is 5. The lowest BCUT2D eigenvalue weighted by atomic mass is 9.92. The number of amides is 4. The number of para-hydroxylation sites is 1. The highest BCUT2D eigenvalue weighted by molar-refractivity contribution is 5.88. The van der Waals surface area contributed by atoms with Crippen molar-refractivity contribution in [2.24, 2.45) is 5.92 Å². The molecule has 0 bridgehead atoms. The Morgan fingerprint density at radius 1 is 0.891 bits per heavy atom. The van der Waals surface area contributed by atoms with Crippen molar-refractivity contribution in [2.45, 2.75) is 71.2 Å². The van der Waals surface area contributed by atoms with E-state index in [0.29, 0.717) is 25.1 Å². The number of carbonyl (C=O) groups is 3. The third kappa shape index (κ3) is 9.68. The third-order valence-electron chi connectivity index (χ3n) is 8.19. The number of aryl methyl sites for hydroxylation is 2. The molecule has 1 unspecified atom stereocenters. The Kier molecular flexibility index (Phi) is 12.4. The van der Waals surface area contributed by atoms with Gasteiger partial charge in [0.05, 0.1) is 12.1 Å². The third-order valence-corrected chi connectivity index (χ3v) is 8.19. The van der Waals surface area contributed by atoms with E-state index in [4.69, 9.17) is 4.74 Å². The molecule has 0 aliphatic carbocycles. The molecule has 4 rings (SSSR count). The second kappa shape index (κ2) is 16.6. The molecule has 0 saturated heterocycles. The standard InChI is InChI=1S/C37H46N4O5/c1-25(2)34(41-20-12-19-38-37(41)45)36(44)39-30(21-28-15-7-5-8-16-28)23-32(42)31(22-29-17-9-6-10-18-29)40-33(43)24-46-35-26(3)13-11-14-27(35)4/h5-19,25,30-32,34,42H,20-24H2,1-4H3,(H,38,45)(H,39,44)(H,40,43)/t30-,31-,32-,34?/m0/s1. The molecule has 9 nitrogen and oxygen atoms in total. The van der Waals surface area contributed by atoms with E-state index in [1.54, 1.807) is 12.3 Å². The average Bonchev–Trinajstić information content (AvgIpc) is 3.02. The summed E-state index contributed by atoms with van der Waals surface area (Å²) in [4.78, 5) is 41.2. The summed E-state index contributed by atoms with van der Waals surface area (Å²) in [5.74, 6) is -0.128. The van der Waals surface area contributed by atoms with Crippen LogP contribution in [-0.2, 0) is 22.4 Å². The summed E-state index contributed by atoms with van der Waals surface area (Å²) in [5, 5.41) is 20.5. The van der Waals surface area contributed by atoms with Crippen LogP contribution in [0.2, 0.25) is 0 Å². The number of urea groups is 1. The second-order valence-corrected chi connectivity index (χ2v) is 12.3. The van der Waals surface area contributed by atoms with Crippen molar-refractivity contribution in [2.75, 3.05) is 13.2 Å². The minimum atomic E-state index is -1.00. The number of nitrogens with zero attached hydrogens (tertiary/aromatic N) is 1. The van der Waals surface area contributed by atoms with Crippen LogP contribution in [0, 0.1) is 19.8 Å². The van der Waals surface area contributed by atoms with Gasteiger partial charge in [0, 0.05) is 18.8 Å². The van der Waals surface area contributed by atoms with Crippen LogP contribution in [0.5, 0.6) is 5.75 Å². The monoisotopic (exact) mass is 626 g/mol. The summed E-state index contributed by atoms with van der Waals surface area (Å²) in [7, 11) is 0. The van der Waals surface area contributed by atoms with Gasteiger partial charge in [-0.25, -0.2) is 4.79 Å². The highest BCUT2D eigenvalue weighted by atomic mass is 16.5. The van der Waals surface area contributed by atoms with Crippen LogP contribution in [0.15, 0.2) is 91.1 Å². The number of hydrogen-bond donors (Lipinski definition) is 4. The van der Waals surface area contributed by atoms with Gasteiger partial charge in [0.2, 0.25) is 5.91 Å². The number of ether oxygens (including phenoxy) is 1. The lowest BCUT2D eigenvalue weighted by Gasteiger charge is -2.35. The van der Waals surface area contributed by atoms with Crippen LogP contribution in [0.3, 0.4) is 0 Å². The molecule has 4 atom stereocenters. The normalized spacial score (nSPS) is 15.4. The van der Waals surface area contributed by atoms with Crippen LogP contribution in [-0.4, -0.2) is 65.2 Å². The maximum absolute atomic E-state index is 13.8. The first-order valence-corrected chi connectivity index (χ1v) is 15.9. The highest BCUT2D eigenvalue weighted by Gasteiger charge is 2.35. The van der Waals surface area contributed by atoms with Crippen molar-refractivity contribution in [1.82, 2.24) is 20.9 Å². The molecule has 3 aromatic rings. The van der Waals surface area contributed by atoms with Gasteiger partial charge in [-0.2, -0.15) is 0 Å². The summed E-state index contributed by atoms with van der Waals surface area (Å²) in [5.41, 5.74) is 3.82. The quantitative estimate of drug-likeness (QED) is 0.199. The molecule has 3 aromatic carbocycles. The Labute approximate surface area is 272 Å². The Bertz CT molecular complexity index is 1460. The maximum atomic E-state index is 13.8. The minimum Gasteiger partial charge on any atom is -0.483 e. The Morgan fingerprint density at radius 2 is 1.50 bits per heavy atom. The van der Waals surface area contributed by atoms with Crippen LogP contribution >= 0.6 is 0 Å². The summed E-state index contributed by atoms with van der Waals surface area (Å²) in [6.07, 6.45) is 3.40. The Morgan fingerprint density at radius 3 is 2.09 bits per heavy atom. The molecule has 46 heavy (non-hydrogen) atoms. The average molecular weight is 627 g/mol. The lowest BCUT2D eigenvalue weighted by Crippen LogP contribution is -2.58. The Hall–Kier alpha value is -4.63. The van der Waals surface area contributed by atoms with E-state index >= 15 is 0 Å². The van der Waals surface area contributed by atoms with Crippen LogP contribution in [0.1, 0.15) is 42.5 Å². The molecule has 4 amide bonds. The van der Waals surface area contributed by atoms with Crippen molar-refractivity contribution >= 4 is 17.8 Å². The van der Waals surface area contributed by atoms with Gasteiger partial charge in [0.15, 0.2) is 6.61 Å². The molecule has 1 heterocycles. The molecule has 0 spiro atoms. The van der Waals surface area contributed by atoms with E-state index in [1.165, 1.54) is 4.90 Å². The van der Waals surface area contributed by atoms with Gasteiger partial charge in [-0.15, -0.1) is 0 Å². The molecule has 0 fully saturated rings. The van der Waals surface area contributed by atoms with E-state index in [9.17, 15) is 19.5 Å². The van der Waals surface area contributed by atoms with Crippen LogP contribution in [0.4, 0.5) is 4.79 Å². The van der Waals surface area contributed by atoms with E-state index in [-0.39, 0.29) is 36.8 Å². The van der Waals surface area contributed by atoms with Gasteiger partial charge >= 0.3 is 6.03 Å². The second-order valence-electron chi connectivity index (χ2n) is 12.3. The maximum Gasteiger partial charge on any atom is 0.322 e. The van der Waals surface area contributed by atoms with E-state index in [1.807, 2.05) is 107 Å². The molecule has 0 saturated carbocycles. The fraction of sp³-hybridized carbons (Fsp3) is 0.378. The summed E-state index contributed by atoms with van der Waals surface area (Å²) < 4.78 is 5.90. The zero-order valence-electron chi connectivity index (χ0n) is 27.1. The lowest BCUT2D eigenvalue weighted by molar-refractivity contribution is -0.128. The Balaban J connectivity index is 1.53. The molecule has 244 valence electrons. The molecular weight excluding hydrogens is 580 g/mol. The zero-order chi connectivity index (χ0) is 33.1. The smallest absolute Gasteiger partial charge is 0.322 e. The van der Waals surface area contributed by atoms with E-state index in [2.05, 4.69) is 16.0 Å². The fourth-order valence-corrected chi connectivity index (χ4v) is 5.90. The molecule has 1 aliphatic rings. The molecule has 1 aliphatic heterocycles. The number of aliphatic hydroxyl groups is 1. The van der Waals surface area contributed by atoms with Crippen molar-refractivity contribution in [1.29, 1.82) is 0 Å². The van der Waals surface area contributed by atoms with Crippen LogP contribution in [0.25, 0.3) is 0 Å². The van der Waals surface area contributed by atoms with Gasteiger partial charge in [-0.3, -0.25) is 9.59 Å². The summed E-state index contributed by atoms with van der Waals surface area (Å²) in [6, 6.07) is 23.0. The topological polar surface area (TPSA) is 120 Å². The van der Waals surface area contributed by atoms with Gasteiger partial charge < -0.3 is 30.7 Å². The fourth-order valence-electron chi connectivity index (χ4n) is 5.90. The molecule has 4 N–H and O–H groups in total. The van der Waals surface area contributed by atoms with Gasteiger partial charge in [-0.05, 0) is 67.4 Å². The summed E-state index contributed by atoms with van der Waals surface area (Å²) >= 11 is 0. The van der Waals surface area contributed by atoms with Crippen molar-refractivity contribution in [3.63, 3.8) is 0 Å². The predicted octanol–water partition coefficient (Wildman–Crippen LogP) is 4.45. The van der Waals surface area contributed by atoms with Crippen molar-refractivity contribution in [3.8, 4) is 5.75 Å². The van der Waals surface area contributed by atoms with Crippen molar-refractivity contribution in [3.05, 3.63) is 113 Å². The van der Waals surface area contributed by atoms with Gasteiger partial charge in [0.25, 0.3) is 5.91 Å². The van der Waals surface area contributed by atoms with E-state index in [0.717, 1.165) is 22.3 Å². The molecule has 0 aromatic heterocycles. The first-order chi connectivity index (χ1) is 22.1. The highest BCUT2D eigenvalue weighted by Crippen LogP contribution is 2.22. The van der Waals surface area contributed by atoms with Crippen LogP contribution < -0.4 is 20.7 Å². The number of carbonyl (C=O) groups excluding carboxylic acids is 3. The zero-order valence-corrected chi connectivity index (χ0v) is 27.1. The molecule has 9 heteroatoms. The van der Waals surface area contributed by atoms with Gasteiger partial charge in [-0.1, -0.05) is 92.7 Å². The van der Waals surface area contributed by atoms with Crippen molar-refractivity contribution < 1.29 is 24.2 Å². The summed E-state index contributed by atoms with van der Waals surface area (Å²) in [6.45, 7) is 7.80. The number of aliphatic hydroxyl groups excluding tert-OH is 1.